The van der Waals surface area contributed by atoms with E-state index in [4.69, 9.17) is 0 Å². The zero-order chi connectivity index (χ0) is 21.2. The minimum atomic E-state index is -0.276. The molecule has 1 aliphatic rings. The van der Waals surface area contributed by atoms with Gasteiger partial charge in [-0.1, -0.05) is 55.5 Å². The molecule has 30 heavy (non-hydrogen) atoms. The fourth-order valence-corrected chi connectivity index (χ4v) is 4.05. The van der Waals surface area contributed by atoms with Crippen molar-refractivity contribution in [1.82, 2.24) is 15.1 Å². The number of benzene rings is 2. The number of nitrogens with zero attached hydrogens (tertiary/aromatic N) is 2. The van der Waals surface area contributed by atoms with Crippen molar-refractivity contribution < 1.29 is 9.59 Å². The summed E-state index contributed by atoms with van der Waals surface area (Å²) in [6, 6.07) is 19.0. The van der Waals surface area contributed by atoms with Gasteiger partial charge in [-0.2, -0.15) is 0 Å². The molecule has 2 aromatic rings. The molecule has 2 aromatic carbocycles. The van der Waals surface area contributed by atoms with Gasteiger partial charge in [0.15, 0.2) is 0 Å². The van der Waals surface area contributed by atoms with Crippen LogP contribution in [-0.4, -0.2) is 54.3 Å². The average Bonchev–Trinajstić information content (AvgIpc) is 2.81. The van der Waals surface area contributed by atoms with E-state index >= 15 is 0 Å². The van der Waals surface area contributed by atoms with Crippen molar-refractivity contribution in [3.05, 3.63) is 71.8 Å². The van der Waals surface area contributed by atoms with E-state index in [1.165, 1.54) is 0 Å². The molecular formula is C25H33N3O2. The van der Waals surface area contributed by atoms with Gasteiger partial charge < -0.3 is 15.1 Å². The third-order valence-corrected chi connectivity index (χ3v) is 5.76. The van der Waals surface area contributed by atoms with E-state index < -0.39 is 0 Å². The molecule has 1 saturated heterocycles. The van der Waals surface area contributed by atoms with Crippen LogP contribution in [0.25, 0.3) is 0 Å². The minimum Gasteiger partial charge on any atom is -0.356 e. The molecule has 0 aromatic heterocycles. The molecular weight excluding hydrogens is 374 g/mol. The van der Waals surface area contributed by atoms with E-state index in [2.05, 4.69) is 17.1 Å². The van der Waals surface area contributed by atoms with Gasteiger partial charge in [0, 0.05) is 18.7 Å². The summed E-state index contributed by atoms with van der Waals surface area (Å²) in [6.45, 7) is 6.50. The fraction of sp³-hybridized carbons (Fsp3) is 0.440. The maximum absolute atomic E-state index is 13.5. The van der Waals surface area contributed by atoms with Crippen molar-refractivity contribution in [2.24, 2.45) is 0 Å². The number of carbonyl (C=O) groups excluding carboxylic acids is 2. The Labute approximate surface area is 180 Å². The van der Waals surface area contributed by atoms with Crippen molar-refractivity contribution >= 4 is 11.8 Å². The second kappa shape index (κ2) is 11.5. The van der Waals surface area contributed by atoms with Gasteiger partial charge in [-0.25, -0.2) is 0 Å². The smallest absolute Gasteiger partial charge is 0.254 e. The Morgan fingerprint density at radius 1 is 0.933 bits per heavy atom. The van der Waals surface area contributed by atoms with Gasteiger partial charge in [-0.05, 0) is 56.6 Å². The van der Waals surface area contributed by atoms with E-state index in [9.17, 15) is 9.59 Å². The second-order valence-corrected chi connectivity index (χ2v) is 7.84. The van der Waals surface area contributed by atoms with Gasteiger partial charge in [0.1, 0.15) is 0 Å². The highest BCUT2D eigenvalue weighted by atomic mass is 16.2. The van der Waals surface area contributed by atoms with E-state index in [0.717, 1.165) is 44.5 Å². The van der Waals surface area contributed by atoms with Crippen LogP contribution in [-0.2, 0) is 4.79 Å². The predicted octanol–water partition coefficient (Wildman–Crippen LogP) is 3.88. The first-order valence-corrected chi connectivity index (χ1v) is 11.1. The molecule has 2 amide bonds. The Kier molecular flexibility index (Phi) is 8.45. The highest BCUT2D eigenvalue weighted by Gasteiger charge is 2.28. The van der Waals surface area contributed by atoms with Crippen LogP contribution in [0.5, 0.6) is 0 Å². The average molecular weight is 408 g/mol. The van der Waals surface area contributed by atoms with Crippen LogP contribution in [0.1, 0.15) is 54.6 Å². The number of rotatable bonds is 3. The summed E-state index contributed by atoms with van der Waals surface area (Å²) >= 11 is 0. The second-order valence-electron chi connectivity index (χ2n) is 7.84. The van der Waals surface area contributed by atoms with E-state index in [-0.39, 0.29) is 24.3 Å². The Morgan fingerprint density at radius 3 is 2.27 bits per heavy atom. The summed E-state index contributed by atoms with van der Waals surface area (Å²) in [5.74, 6) is -0.0171. The van der Waals surface area contributed by atoms with Gasteiger partial charge >= 0.3 is 0 Å². The Balaban J connectivity index is 1.90. The summed E-state index contributed by atoms with van der Waals surface area (Å²) in [5.41, 5.74) is 1.67. The number of hydrogen-bond acceptors (Lipinski definition) is 3. The summed E-state index contributed by atoms with van der Waals surface area (Å²) in [6.07, 6.45) is 3.18. The van der Waals surface area contributed by atoms with Crippen molar-refractivity contribution in [2.75, 3.05) is 32.7 Å². The lowest BCUT2D eigenvalue weighted by atomic mass is 9.99. The standard InChI is InChI=1S/C25H33N3O2/c1-2-27-17-9-10-19-28(25(30)22-14-7-4-8-15-22)23(21-12-5-3-6-13-21)20-24(29)26-16-11-18-27/h3-8,12-15,23H,2,9-11,16-20H2,1H3,(H,26,29). The van der Waals surface area contributed by atoms with Crippen LogP contribution in [0.4, 0.5) is 0 Å². The van der Waals surface area contributed by atoms with E-state index in [0.29, 0.717) is 18.7 Å². The molecule has 3 rings (SSSR count). The lowest BCUT2D eigenvalue weighted by Gasteiger charge is -2.32. The van der Waals surface area contributed by atoms with Gasteiger partial charge in [0.05, 0.1) is 12.5 Å². The number of hydrogen-bond donors (Lipinski definition) is 1. The quantitative estimate of drug-likeness (QED) is 0.840. The lowest BCUT2D eigenvalue weighted by molar-refractivity contribution is -0.122. The molecule has 0 saturated carbocycles. The normalized spacial score (nSPS) is 19.8. The van der Waals surface area contributed by atoms with Crippen LogP contribution in [0.2, 0.25) is 0 Å². The number of nitrogens with one attached hydrogen (secondary N) is 1. The highest BCUT2D eigenvalue weighted by Crippen LogP contribution is 2.27. The Hall–Kier alpha value is -2.66. The molecule has 1 N–H and O–H groups in total. The molecule has 1 heterocycles. The Bertz CT molecular complexity index is 795. The minimum absolute atomic E-state index is 0.00277. The first-order valence-electron chi connectivity index (χ1n) is 11.1. The molecule has 1 fully saturated rings. The lowest BCUT2D eigenvalue weighted by Crippen LogP contribution is -2.39. The summed E-state index contributed by atoms with van der Waals surface area (Å²) in [4.78, 5) is 30.6. The Morgan fingerprint density at radius 2 is 1.57 bits per heavy atom. The topological polar surface area (TPSA) is 52.7 Å². The van der Waals surface area contributed by atoms with E-state index in [1.807, 2.05) is 65.6 Å². The number of amides is 2. The zero-order valence-electron chi connectivity index (χ0n) is 17.9. The highest BCUT2D eigenvalue weighted by molar-refractivity contribution is 5.94. The molecule has 1 atom stereocenters. The first-order chi connectivity index (χ1) is 14.7. The molecule has 0 aliphatic carbocycles. The molecule has 5 heteroatoms. The molecule has 0 bridgehead atoms. The van der Waals surface area contributed by atoms with Crippen molar-refractivity contribution in [3.63, 3.8) is 0 Å². The van der Waals surface area contributed by atoms with Gasteiger partial charge in [-0.3, -0.25) is 9.59 Å². The largest absolute Gasteiger partial charge is 0.356 e. The zero-order valence-corrected chi connectivity index (χ0v) is 17.9. The third kappa shape index (κ3) is 6.17. The SMILES string of the molecule is CCN1CCCCN(C(=O)c2ccccc2)C(c2ccccc2)CC(=O)NCCC1. The summed E-state index contributed by atoms with van der Waals surface area (Å²) < 4.78 is 0. The third-order valence-electron chi connectivity index (χ3n) is 5.76. The van der Waals surface area contributed by atoms with Crippen molar-refractivity contribution in [1.29, 1.82) is 0 Å². The van der Waals surface area contributed by atoms with Gasteiger partial charge in [0.2, 0.25) is 5.91 Å². The van der Waals surface area contributed by atoms with Gasteiger partial charge in [0.25, 0.3) is 5.91 Å². The van der Waals surface area contributed by atoms with Crippen LogP contribution >= 0.6 is 0 Å². The molecule has 1 aliphatic heterocycles. The van der Waals surface area contributed by atoms with Crippen molar-refractivity contribution in [3.8, 4) is 0 Å². The first kappa shape index (κ1) is 22.0. The fourth-order valence-electron chi connectivity index (χ4n) is 4.05. The molecule has 160 valence electrons. The van der Waals surface area contributed by atoms with Crippen LogP contribution in [0.3, 0.4) is 0 Å². The van der Waals surface area contributed by atoms with E-state index in [1.54, 1.807) is 0 Å². The molecule has 0 spiro atoms. The van der Waals surface area contributed by atoms with Crippen LogP contribution in [0, 0.1) is 0 Å². The summed E-state index contributed by atoms with van der Waals surface area (Å²) in [5, 5.41) is 3.06. The number of carbonyl (C=O) groups is 2. The maximum Gasteiger partial charge on any atom is 0.254 e. The van der Waals surface area contributed by atoms with Crippen LogP contribution in [0.15, 0.2) is 60.7 Å². The van der Waals surface area contributed by atoms with Crippen molar-refractivity contribution in [2.45, 2.75) is 38.6 Å². The maximum atomic E-state index is 13.5. The molecule has 5 nitrogen and oxygen atoms in total. The monoisotopic (exact) mass is 407 g/mol. The van der Waals surface area contributed by atoms with Crippen LogP contribution < -0.4 is 5.32 Å². The molecule has 1 unspecified atom stereocenters. The molecule has 0 radical (unpaired) electrons. The van der Waals surface area contributed by atoms with Gasteiger partial charge in [-0.15, -0.1) is 0 Å². The predicted molar refractivity (Wildman–Crippen MR) is 120 cm³/mol. The summed E-state index contributed by atoms with van der Waals surface area (Å²) in [7, 11) is 0.